The Morgan fingerprint density at radius 2 is 2.35 bits per heavy atom. The molecule has 5 nitrogen and oxygen atoms in total. The Morgan fingerprint density at radius 3 is 3.00 bits per heavy atom. The van der Waals surface area contributed by atoms with Gasteiger partial charge in [-0.2, -0.15) is 0 Å². The van der Waals surface area contributed by atoms with Gasteiger partial charge in [-0.15, -0.1) is 0 Å². The molecule has 0 fully saturated rings. The summed E-state index contributed by atoms with van der Waals surface area (Å²) >= 11 is 4.86. The highest BCUT2D eigenvalue weighted by atomic mass is 32.1. The zero-order chi connectivity index (χ0) is 12.3. The number of nitrogens with two attached hydrogens (primary N) is 1. The molecule has 0 aliphatic carbocycles. The highest BCUT2D eigenvalue weighted by Crippen LogP contribution is 2.10. The fourth-order valence-corrected chi connectivity index (χ4v) is 1.45. The molecule has 0 saturated heterocycles. The van der Waals surface area contributed by atoms with Crippen molar-refractivity contribution in [3.05, 3.63) is 41.9 Å². The number of nitrogens with one attached hydrogen (secondary N) is 1. The van der Waals surface area contributed by atoms with Gasteiger partial charge in [0.05, 0.1) is 18.4 Å². The number of hydrogen-bond acceptors (Lipinski definition) is 5. The Bertz CT molecular complexity index is 538. The first-order chi connectivity index (χ1) is 8.15. The van der Waals surface area contributed by atoms with Crippen molar-refractivity contribution < 1.29 is 4.42 Å². The number of aryl methyl sites for hydroxylation is 1. The van der Waals surface area contributed by atoms with Gasteiger partial charge in [-0.25, -0.2) is 4.98 Å². The molecule has 3 N–H and O–H groups in total. The van der Waals surface area contributed by atoms with Crippen molar-refractivity contribution in [1.82, 2.24) is 9.97 Å². The summed E-state index contributed by atoms with van der Waals surface area (Å²) in [7, 11) is 0. The molecule has 6 heteroatoms. The lowest BCUT2D eigenvalue weighted by Crippen LogP contribution is -2.12. The van der Waals surface area contributed by atoms with Crippen LogP contribution >= 0.6 is 12.2 Å². The first kappa shape index (κ1) is 11.5. The number of pyridine rings is 1. The van der Waals surface area contributed by atoms with E-state index in [1.54, 1.807) is 18.5 Å². The largest absolute Gasteiger partial charge is 0.444 e. The predicted octanol–water partition coefficient (Wildman–Crippen LogP) is 1.62. The van der Waals surface area contributed by atoms with E-state index in [4.69, 9.17) is 22.4 Å². The Morgan fingerprint density at radius 1 is 1.53 bits per heavy atom. The minimum atomic E-state index is 0.278. The molecular weight excluding hydrogens is 236 g/mol. The third-order valence-corrected chi connectivity index (χ3v) is 2.33. The van der Waals surface area contributed by atoms with Crippen LogP contribution < -0.4 is 11.1 Å². The fraction of sp³-hybridized carbons (Fsp3) is 0.182. The highest BCUT2D eigenvalue weighted by Gasteiger charge is 2.02. The van der Waals surface area contributed by atoms with Crippen LogP contribution in [0.3, 0.4) is 0 Å². The van der Waals surface area contributed by atoms with Gasteiger partial charge in [0.25, 0.3) is 0 Å². The van der Waals surface area contributed by atoms with Gasteiger partial charge < -0.3 is 15.5 Å². The van der Waals surface area contributed by atoms with Gasteiger partial charge in [-0.05, 0) is 19.1 Å². The molecule has 2 rings (SSSR count). The monoisotopic (exact) mass is 248 g/mol. The first-order valence-corrected chi connectivity index (χ1v) is 5.47. The van der Waals surface area contributed by atoms with E-state index in [9.17, 15) is 0 Å². The van der Waals surface area contributed by atoms with Gasteiger partial charge in [0, 0.05) is 11.9 Å². The van der Waals surface area contributed by atoms with E-state index >= 15 is 0 Å². The van der Waals surface area contributed by atoms with Gasteiger partial charge in [-0.3, -0.25) is 4.98 Å². The second kappa shape index (κ2) is 4.92. The fourth-order valence-electron chi connectivity index (χ4n) is 1.34. The molecule has 0 spiro atoms. The summed E-state index contributed by atoms with van der Waals surface area (Å²) in [5.74, 6) is 1.43. The van der Waals surface area contributed by atoms with Crippen molar-refractivity contribution in [3.63, 3.8) is 0 Å². The van der Waals surface area contributed by atoms with E-state index < -0.39 is 0 Å². The maximum Gasteiger partial charge on any atom is 0.213 e. The number of thiocarbonyl (C=S) groups is 1. The first-order valence-electron chi connectivity index (χ1n) is 5.06. The molecule has 2 heterocycles. The summed E-state index contributed by atoms with van der Waals surface area (Å²) in [6.07, 6.45) is 3.33. The summed E-state index contributed by atoms with van der Waals surface area (Å²) < 4.78 is 5.34. The van der Waals surface area contributed by atoms with Crippen molar-refractivity contribution >= 4 is 22.9 Å². The molecule has 0 aromatic carbocycles. The second-order valence-corrected chi connectivity index (χ2v) is 3.95. The van der Waals surface area contributed by atoms with Gasteiger partial charge in [-0.1, -0.05) is 12.2 Å². The Balaban J connectivity index is 2.04. The van der Waals surface area contributed by atoms with Crippen LogP contribution in [0.15, 0.2) is 28.9 Å². The van der Waals surface area contributed by atoms with E-state index in [0.717, 1.165) is 11.4 Å². The zero-order valence-corrected chi connectivity index (χ0v) is 10.1. The van der Waals surface area contributed by atoms with E-state index in [1.807, 2.05) is 13.0 Å². The van der Waals surface area contributed by atoms with Crippen LogP contribution in [-0.4, -0.2) is 15.0 Å². The maximum atomic E-state index is 5.50. The van der Waals surface area contributed by atoms with Crippen LogP contribution in [-0.2, 0) is 6.54 Å². The van der Waals surface area contributed by atoms with Crippen molar-refractivity contribution in [2.75, 3.05) is 5.32 Å². The molecule has 0 bridgehead atoms. The lowest BCUT2D eigenvalue weighted by molar-refractivity contribution is 0.479. The number of nitrogens with zero attached hydrogens (tertiary/aromatic N) is 2. The third-order valence-electron chi connectivity index (χ3n) is 2.13. The van der Waals surface area contributed by atoms with E-state index in [-0.39, 0.29) is 4.99 Å². The maximum absolute atomic E-state index is 5.50. The molecule has 0 aliphatic rings. The van der Waals surface area contributed by atoms with Crippen LogP contribution in [0.1, 0.15) is 17.3 Å². The van der Waals surface area contributed by atoms with Crippen LogP contribution in [0.5, 0.6) is 0 Å². The average Bonchev–Trinajstić information content (AvgIpc) is 2.73. The quantitative estimate of drug-likeness (QED) is 0.801. The number of oxazole rings is 1. The summed E-state index contributed by atoms with van der Waals surface area (Å²) in [5.41, 5.74) is 6.97. The summed E-state index contributed by atoms with van der Waals surface area (Å²) in [5, 5.41) is 3.16. The topological polar surface area (TPSA) is 77.0 Å². The second-order valence-electron chi connectivity index (χ2n) is 3.51. The molecule has 0 aliphatic heterocycles. The van der Waals surface area contributed by atoms with Gasteiger partial charge in [0.2, 0.25) is 5.89 Å². The smallest absolute Gasteiger partial charge is 0.213 e. The van der Waals surface area contributed by atoms with E-state index in [2.05, 4.69) is 15.3 Å². The molecule has 0 amide bonds. The predicted molar refractivity (Wildman–Crippen MR) is 68.7 cm³/mol. The van der Waals surface area contributed by atoms with Crippen LogP contribution in [0, 0.1) is 6.92 Å². The zero-order valence-electron chi connectivity index (χ0n) is 9.30. The van der Waals surface area contributed by atoms with Crippen LogP contribution in [0.25, 0.3) is 0 Å². The normalized spacial score (nSPS) is 10.2. The molecule has 0 unspecified atom stereocenters. The van der Waals surface area contributed by atoms with Crippen molar-refractivity contribution in [2.24, 2.45) is 5.73 Å². The molecule has 0 atom stereocenters. The van der Waals surface area contributed by atoms with E-state index in [1.165, 1.54) is 0 Å². The minimum Gasteiger partial charge on any atom is -0.444 e. The molecule has 2 aromatic heterocycles. The lowest BCUT2D eigenvalue weighted by atomic mass is 10.3. The van der Waals surface area contributed by atoms with Crippen molar-refractivity contribution in [3.8, 4) is 0 Å². The standard InChI is InChI=1S/C11H12N4OS/c1-7-5-15-10(16-7)6-14-8-2-3-13-9(4-8)11(12)17/h2-5H,6H2,1H3,(H2,12,17)(H,13,14). The molecule has 17 heavy (non-hydrogen) atoms. The summed E-state index contributed by atoms with van der Waals surface area (Å²) in [6, 6.07) is 3.62. The van der Waals surface area contributed by atoms with E-state index in [0.29, 0.717) is 18.1 Å². The summed E-state index contributed by atoms with van der Waals surface area (Å²) in [6.45, 7) is 2.36. The Labute approximate surface area is 104 Å². The number of aromatic nitrogens is 2. The third kappa shape index (κ3) is 3.01. The van der Waals surface area contributed by atoms with Gasteiger partial charge >= 0.3 is 0 Å². The van der Waals surface area contributed by atoms with Crippen molar-refractivity contribution in [2.45, 2.75) is 13.5 Å². The molecule has 0 saturated carbocycles. The number of anilines is 1. The SMILES string of the molecule is Cc1cnc(CNc2ccnc(C(N)=S)c2)o1. The number of rotatable bonds is 4. The van der Waals surface area contributed by atoms with Crippen molar-refractivity contribution in [1.29, 1.82) is 0 Å². The molecule has 2 aromatic rings. The molecule has 0 radical (unpaired) electrons. The number of hydrogen-bond donors (Lipinski definition) is 2. The van der Waals surface area contributed by atoms with Crippen LogP contribution in [0.4, 0.5) is 5.69 Å². The van der Waals surface area contributed by atoms with Gasteiger partial charge in [0.15, 0.2) is 0 Å². The summed E-state index contributed by atoms with van der Waals surface area (Å²) in [4.78, 5) is 8.42. The Kier molecular flexibility index (Phi) is 3.34. The minimum absolute atomic E-state index is 0.278. The average molecular weight is 248 g/mol. The highest BCUT2D eigenvalue weighted by molar-refractivity contribution is 7.80. The lowest BCUT2D eigenvalue weighted by Gasteiger charge is -2.05. The molecule has 88 valence electrons. The molecular formula is C11H12N4OS. The van der Waals surface area contributed by atoms with Crippen LogP contribution in [0.2, 0.25) is 0 Å². The Hall–Kier alpha value is -1.95. The van der Waals surface area contributed by atoms with Gasteiger partial charge in [0.1, 0.15) is 10.7 Å².